The minimum Gasteiger partial charge on any atom is -0.365 e. The van der Waals surface area contributed by atoms with Gasteiger partial charge in [-0.3, -0.25) is 4.98 Å². The van der Waals surface area contributed by atoms with E-state index in [1.165, 1.54) is 11.8 Å². The maximum Gasteiger partial charge on any atom is 0.189 e. The van der Waals surface area contributed by atoms with Gasteiger partial charge in [0, 0.05) is 31.2 Å². The van der Waals surface area contributed by atoms with Gasteiger partial charge in [-0.25, -0.2) is 9.97 Å². The van der Waals surface area contributed by atoms with Crippen molar-refractivity contribution in [3.05, 3.63) is 42.4 Å². The molecule has 81 valence electrons. The summed E-state index contributed by atoms with van der Waals surface area (Å²) in [4.78, 5) is 12.3. The van der Waals surface area contributed by atoms with Crippen molar-refractivity contribution in [1.82, 2.24) is 15.0 Å². The molecule has 2 aromatic heterocycles. The molecule has 0 unspecified atom stereocenters. The summed E-state index contributed by atoms with van der Waals surface area (Å²) in [5.41, 5.74) is 1.16. The van der Waals surface area contributed by atoms with Gasteiger partial charge in [0.05, 0.1) is 0 Å². The third-order valence-corrected chi connectivity index (χ3v) is 2.54. The average molecular weight is 231 g/mol. The summed E-state index contributed by atoms with van der Waals surface area (Å²) in [5, 5.41) is 3.93. The van der Waals surface area contributed by atoms with Crippen LogP contribution < -0.4 is 5.32 Å². The number of thioether (sulfide) groups is 1. The van der Waals surface area contributed by atoms with Crippen LogP contribution >= 0.6 is 11.8 Å². The van der Waals surface area contributed by atoms with Crippen LogP contribution in [0.4, 0.5) is 5.82 Å². The number of hydrogen-bond donors (Lipinski definition) is 1. The van der Waals surface area contributed by atoms with Crippen LogP contribution in [0.5, 0.6) is 0 Å². The van der Waals surface area contributed by atoms with Crippen molar-refractivity contribution >= 4 is 17.6 Å². The molecular formula is C11H11N4S. The molecule has 5 heteroatoms. The van der Waals surface area contributed by atoms with Crippen LogP contribution in [0.3, 0.4) is 0 Å². The number of rotatable bonds is 4. The third-order valence-electron chi connectivity index (χ3n) is 1.98. The van der Waals surface area contributed by atoms with Gasteiger partial charge in [0.15, 0.2) is 5.16 Å². The SMILES string of the molecule is CSc1nc[c]c(NCc2ccncc2)n1. The minimum absolute atomic E-state index is 0.712. The van der Waals surface area contributed by atoms with Gasteiger partial charge in [-0.15, -0.1) is 0 Å². The summed E-state index contributed by atoms with van der Waals surface area (Å²) in [7, 11) is 0. The molecule has 0 saturated heterocycles. The molecule has 0 saturated carbocycles. The Hall–Kier alpha value is -1.62. The van der Waals surface area contributed by atoms with Gasteiger partial charge in [-0.05, 0) is 24.0 Å². The predicted molar refractivity (Wildman–Crippen MR) is 64.2 cm³/mol. The first-order valence-corrected chi connectivity index (χ1v) is 6.02. The molecule has 0 bridgehead atoms. The summed E-state index contributed by atoms with van der Waals surface area (Å²) in [6.45, 7) is 0.712. The van der Waals surface area contributed by atoms with Gasteiger partial charge in [0.25, 0.3) is 0 Å². The molecule has 1 radical (unpaired) electrons. The quantitative estimate of drug-likeness (QED) is 0.644. The van der Waals surface area contributed by atoms with Gasteiger partial charge < -0.3 is 5.32 Å². The summed E-state index contributed by atoms with van der Waals surface area (Å²) >= 11 is 1.51. The Kier molecular flexibility index (Phi) is 3.71. The Balaban J connectivity index is 1.99. The summed E-state index contributed by atoms with van der Waals surface area (Å²) < 4.78 is 0. The van der Waals surface area contributed by atoms with Crippen LogP contribution in [0.25, 0.3) is 0 Å². The Morgan fingerprint density at radius 1 is 1.38 bits per heavy atom. The van der Waals surface area contributed by atoms with Gasteiger partial charge >= 0.3 is 0 Å². The highest BCUT2D eigenvalue weighted by Crippen LogP contribution is 2.10. The molecule has 0 amide bonds. The molecule has 0 aromatic carbocycles. The number of hydrogen-bond acceptors (Lipinski definition) is 5. The first-order chi connectivity index (χ1) is 7.88. The topological polar surface area (TPSA) is 50.7 Å². The standard InChI is InChI=1S/C11H11N4S/c1-16-11-13-7-4-10(15-11)14-8-9-2-5-12-6-3-9/h2-3,5-7H,8H2,1H3,(H,13,14,15). The Bertz CT molecular complexity index is 447. The number of pyridine rings is 1. The van der Waals surface area contributed by atoms with Crippen molar-refractivity contribution in [2.75, 3.05) is 11.6 Å². The second-order valence-electron chi connectivity index (χ2n) is 3.06. The fourth-order valence-electron chi connectivity index (χ4n) is 1.18. The maximum atomic E-state index is 4.28. The van der Waals surface area contributed by atoms with E-state index in [1.54, 1.807) is 18.6 Å². The van der Waals surface area contributed by atoms with E-state index >= 15 is 0 Å². The first-order valence-electron chi connectivity index (χ1n) is 4.80. The van der Waals surface area contributed by atoms with E-state index in [4.69, 9.17) is 0 Å². The normalized spacial score (nSPS) is 10.1. The molecule has 0 spiro atoms. The zero-order valence-electron chi connectivity index (χ0n) is 8.84. The highest BCUT2D eigenvalue weighted by atomic mass is 32.2. The van der Waals surface area contributed by atoms with E-state index in [-0.39, 0.29) is 0 Å². The van der Waals surface area contributed by atoms with Gasteiger partial charge in [0.2, 0.25) is 0 Å². The van der Waals surface area contributed by atoms with E-state index in [9.17, 15) is 0 Å². The number of nitrogens with zero attached hydrogens (tertiary/aromatic N) is 3. The zero-order valence-corrected chi connectivity index (χ0v) is 9.66. The maximum absolute atomic E-state index is 4.28. The molecule has 0 atom stereocenters. The summed E-state index contributed by atoms with van der Waals surface area (Å²) in [6.07, 6.45) is 7.12. The van der Waals surface area contributed by atoms with E-state index in [0.717, 1.165) is 16.5 Å². The molecule has 16 heavy (non-hydrogen) atoms. The fourth-order valence-corrected chi connectivity index (χ4v) is 1.52. The fraction of sp³-hybridized carbons (Fsp3) is 0.182. The van der Waals surface area contributed by atoms with E-state index in [1.807, 2.05) is 18.4 Å². The Labute approximate surface area is 98.6 Å². The van der Waals surface area contributed by atoms with Crippen LogP contribution in [0.2, 0.25) is 0 Å². The molecule has 1 N–H and O–H groups in total. The second kappa shape index (κ2) is 5.46. The lowest BCUT2D eigenvalue weighted by atomic mass is 10.3. The summed E-state index contributed by atoms with van der Waals surface area (Å²) in [5.74, 6) is 0.719. The van der Waals surface area contributed by atoms with Crippen LogP contribution in [-0.4, -0.2) is 21.2 Å². The highest BCUT2D eigenvalue weighted by molar-refractivity contribution is 7.98. The van der Waals surface area contributed by atoms with Crippen LogP contribution in [0.1, 0.15) is 5.56 Å². The molecule has 0 aliphatic heterocycles. The first kappa shape index (κ1) is 10.9. The largest absolute Gasteiger partial charge is 0.365 e. The molecular weight excluding hydrogens is 220 g/mol. The number of anilines is 1. The van der Waals surface area contributed by atoms with E-state index in [2.05, 4.69) is 26.3 Å². The molecule has 0 fully saturated rings. The number of nitrogens with one attached hydrogen (secondary N) is 1. The van der Waals surface area contributed by atoms with Crippen molar-refractivity contribution in [1.29, 1.82) is 0 Å². The third kappa shape index (κ3) is 2.93. The van der Waals surface area contributed by atoms with Crippen molar-refractivity contribution in [3.63, 3.8) is 0 Å². The predicted octanol–water partition coefficient (Wildman–Crippen LogP) is 2.01. The zero-order chi connectivity index (χ0) is 11.2. The monoisotopic (exact) mass is 231 g/mol. The van der Waals surface area contributed by atoms with Crippen LogP contribution in [0, 0.1) is 6.07 Å². The second-order valence-corrected chi connectivity index (χ2v) is 3.83. The molecule has 0 aliphatic rings. The Morgan fingerprint density at radius 3 is 2.94 bits per heavy atom. The number of aromatic nitrogens is 3. The van der Waals surface area contributed by atoms with E-state index in [0.29, 0.717) is 6.54 Å². The average Bonchev–Trinajstić information content (AvgIpc) is 2.38. The van der Waals surface area contributed by atoms with Crippen LogP contribution in [-0.2, 0) is 6.54 Å². The van der Waals surface area contributed by atoms with Gasteiger partial charge in [-0.1, -0.05) is 11.8 Å². The van der Waals surface area contributed by atoms with Crippen molar-refractivity contribution < 1.29 is 0 Å². The molecule has 4 nitrogen and oxygen atoms in total. The molecule has 2 rings (SSSR count). The lowest BCUT2D eigenvalue weighted by Gasteiger charge is -2.05. The van der Waals surface area contributed by atoms with Crippen molar-refractivity contribution in [2.45, 2.75) is 11.7 Å². The van der Waals surface area contributed by atoms with E-state index < -0.39 is 0 Å². The smallest absolute Gasteiger partial charge is 0.189 e. The minimum atomic E-state index is 0.712. The van der Waals surface area contributed by atoms with Crippen molar-refractivity contribution in [2.24, 2.45) is 0 Å². The lowest BCUT2D eigenvalue weighted by Crippen LogP contribution is -2.02. The Morgan fingerprint density at radius 2 is 2.19 bits per heavy atom. The van der Waals surface area contributed by atoms with Crippen LogP contribution in [0.15, 0.2) is 35.9 Å². The highest BCUT2D eigenvalue weighted by Gasteiger charge is 1.98. The molecule has 0 aliphatic carbocycles. The lowest BCUT2D eigenvalue weighted by molar-refractivity contribution is 0.952. The molecule has 2 heterocycles. The van der Waals surface area contributed by atoms with Gasteiger partial charge in [-0.2, -0.15) is 0 Å². The summed E-state index contributed by atoms with van der Waals surface area (Å²) in [6, 6.07) is 6.88. The van der Waals surface area contributed by atoms with Crippen molar-refractivity contribution in [3.8, 4) is 0 Å². The molecule has 2 aromatic rings. The van der Waals surface area contributed by atoms with Gasteiger partial charge in [0.1, 0.15) is 5.82 Å².